The minimum atomic E-state index is -2.92. The molecule has 0 aromatic carbocycles. The van der Waals surface area contributed by atoms with Crippen LogP contribution in [0.1, 0.15) is 0 Å². The van der Waals surface area contributed by atoms with Gasteiger partial charge in [0.2, 0.25) is 0 Å². The van der Waals surface area contributed by atoms with Crippen LogP contribution in [-0.4, -0.2) is 34.4 Å². The van der Waals surface area contributed by atoms with Gasteiger partial charge in [0, 0.05) is 0 Å². The quantitative estimate of drug-likeness (QED) is 0.405. The predicted octanol–water partition coefficient (Wildman–Crippen LogP) is -8.28. The van der Waals surface area contributed by atoms with Crippen LogP contribution in [0.25, 0.3) is 0 Å². The molecule has 0 heterocycles. The maximum Gasteiger partial charge on any atom is 3.00 e. The maximum atomic E-state index is 8.42. The van der Waals surface area contributed by atoms with Crippen LogP contribution >= 0.6 is 0 Å². The molecular formula is B2GaLaO6. The molecule has 0 bridgehead atoms. The van der Waals surface area contributed by atoms with Gasteiger partial charge in [-0.1, -0.05) is 0 Å². The summed E-state index contributed by atoms with van der Waals surface area (Å²) in [6.45, 7) is 0. The van der Waals surface area contributed by atoms with Gasteiger partial charge in [-0.25, -0.2) is 0 Å². The third kappa shape index (κ3) is 250. The van der Waals surface area contributed by atoms with E-state index in [9.17, 15) is 0 Å². The third-order valence-corrected chi connectivity index (χ3v) is 0. The molecule has 0 spiro atoms. The van der Waals surface area contributed by atoms with Crippen LogP contribution in [0.2, 0.25) is 0 Å². The van der Waals surface area contributed by atoms with Gasteiger partial charge in [0.1, 0.15) is 0 Å². The van der Waals surface area contributed by atoms with Crippen molar-refractivity contribution in [1.29, 1.82) is 0 Å². The molecule has 0 aromatic rings. The molecule has 0 aliphatic carbocycles. The van der Waals surface area contributed by atoms with Gasteiger partial charge in [-0.05, 0) is 0 Å². The zero-order chi connectivity index (χ0) is 7.15. The number of hydrogen-bond acceptors (Lipinski definition) is 6. The van der Waals surface area contributed by atoms with E-state index in [1.165, 1.54) is 0 Å². The second-order valence-electron chi connectivity index (χ2n) is 0.577. The molecule has 10 heteroatoms. The van der Waals surface area contributed by atoms with E-state index in [1.54, 1.807) is 0 Å². The molecule has 0 aromatic heterocycles. The molecule has 0 atom stereocenters. The van der Waals surface area contributed by atoms with Crippen molar-refractivity contribution in [2.45, 2.75) is 0 Å². The predicted molar refractivity (Wildman–Crippen MR) is 17.3 cm³/mol. The van der Waals surface area contributed by atoms with Gasteiger partial charge < -0.3 is 30.1 Å². The molecule has 10 heavy (non-hydrogen) atoms. The van der Waals surface area contributed by atoms with Gasteiger partial charge in [-0.3, -0.25) is 14.6 Å². The molecule has 0 fully saturated rings. The van der Waals surface area contributed by atoms with Crippen LogP contribution in [0.3, 0.4) is 0 Å². The summed E-state index contributed by atoms with van der Waals surface area (Å²) >= 11 is 0. The van der Waals surface area contributed by atoms with Gasteiger partial charge >= 0.3 is 55.4 Å². The summed E-state index contributed by atoms with van der Waals surface area (Å²) < 4.78 is 0. The first-order valence-electron chi connectivity index (χ1n) is 1.41. The van der Waals surface area contributed by atoms with E-state index in [2.05, 4.69) is 0 Å². The van der Waals surface area contributed by atoms with E-state index in [0.29, 0.717) is 0 Å². The van der Waals surface area contributed by atoms with E-state index in [4.69, 9.17) is 30.1 Å². The Balaban J connectivity index is -0.0000000300. The molecule has 0 unspecified atom stereocenters. The maximum absolute atomic E-state index is 8.42. The second-order valence-corrected chi connectivity index (χ2v) is 0.577. The van der Waals surface area contributed by atoms with Gasteiger partial charge in [0.25, 0.3) is 0 Å². The standard InChI is InChI=1S/2BO3.Ga.La/c2*2-1(3)4;;/q2*-3;2*+3. The summed E-state index contributed by atoms with van der Waals surface area (Å²) in [6.07, 6.45) is 0. The smallest absolute Gasteiger partial charge is 0.907 e. The first kappa shape index (κ1) is 22.6. The van der Waals surface area contributed by atoms with Crippen molar-refractivity contribution in [3.05, 3.63) is 0 Å². The molecule has 0 amide bonds. The molecule has 0 saturated heterocycles. The molecule has 6 nitrogen and oxygen atoms in total. The SMILES string of the molecule is [Ga+3].[La+3].[O-]B([O-])[O-].[O-]B([O-])[O-]. The van der Waals surface area contributed by atoms with Crippen molar-refractivity contribution in [3.63, 3.8) is 0 Å². The Bertz CT molecular complexity index is 31.2. The van der Waals surface area contributed by atoms with Crippen molar-refractivity contribution >= 4 is 34.4 Å². The van der Waals surface area contributed by atoms with E-state index >= 15 is 0 Å². The molecular weight excluding hydrogens is 326 g/mol. The first-order valence-corrected chi connectivity index (χ1v) is 1.41. The van der Waals surface area contributed by atoms with Crippen molar-refractivity contribution in [3.8, 4) is 0 Å². The topological polar surface area (TPSA) is 138 Å². The fourth-order valence-electron chi connectivity index (χ4n) is 0. The van der Waals surface area contributed by atoms with Crippen LogP contribution in [-0.2, 0) is 0 Å². The Morgan fingerprint density at radius 3 is 0.600 bits per heavy atom. The molecule has 0 aliphatic heterocycles. The summed E-state index contributed by atoms with van der Waals surface area (Å²) in [7, 11) is -5.83. The fraction of sp³-hybridized carbons (Fsp3) is 0. The Kier molecular flexibility index (Phi) is 38.4. The summed E-state index contributed by atoms with van der Waals surface area (Å²) in [5, 5.41) is 50.5. The second kappa shape index (κ2) is 17.0. The molecule has 0 N–H and O–H groups in total. The van der Waals surface area contributed by atoms with E-state index < -0.39 is 14.6 Å². The summed E-state index contributed by atoms with van der Waals surface area (Å²) in [4.78, 5) is 0. The zero-order valence-corrected chi connectivity index (χ0v) is 10.8. The Morgan fingerprint density at radius 2 is 0.600 bits per heavy atom. The third-order valence-electron chi connectivity index (χ3n) is 0. The van der Waals surface area contributed by atoms with Gasteiger partial charge in [-0.2, -0.15) is 0 Å². The average Bonchev–Trinajstić information content (AvgIpc) is 1.25. The Hall–Kier alpha value is 1.72. The monoisotopic (exact) mass is 326 g/mol. The van der Waals surface area contributed by atoms with Crippen LogP contribution in [0, 0.1) is 35.6 Å². The first-order chi connectivity index (χ1) is 3.46. The van der Waals surface area contributed by atoms with Crippen molar-refractivity contribution in [2.24, 2.45) is 0 Å². The Morgan fingerprint density at radius 1 is 0.600 bits per heavy atom. The largest absolute Gasteiger partial charge is 3.00 e. The van der Waals surface area contributed by atoms with E-state index in [0.717, 1.165) is 0 Å². The fourth-order valence-corrected chi connectivity index (χ4v) is 0. The summed E-state index contributed by atoms with van der Waals surface area (Å²) in [5.74, 6) is 0. The van der Waals surface area contributed by atoms with Crippen molar-refractivity contribution < 1.29 is 65.7 Å². The number of hydrogen-bond donors (Lipinski definition) is 0. The van der Waals surface area contributed by atoms with Crippen LogP contribution in [0.4, 0.5) is 0 Å². The van der Waals surface area contributed by atoms with E-state index in [-0.39, 0.29) is 55.4 Å². The van der Waals surface area contributed by atoms with Crippen LogP contribution in [0.5, 0.6) is 0 Å². The normalized spacial score (nSPS) is 5.40. The molecule has 0 rings (SSSR count). The summed E-state index contributed by atoms with van der Waals surface area (Å²) in [6, 6.07) is 0. The van der Waals surface area contributed by atoms with Crippen molar-refractivity contribution in [2.75, 3.05) is 0 Å². The minimum absolute atomic E-state index is 0. The van der Waals surface area contributed by atoms with Crippen LogP contribution in [0.15, 0.2) is 0 Å². The molecule has 48 valence electrons. The number of rotatable bonds is 0. The Labute approximate surface area is 99.3 Å². The molecule has 0 aliphatic rings. The molecule has 0 radical (unpaired) electrons. The molecule has 0 saturated carbocycles. The van der Waals surface area contributed by atoms with Gasteiger partial charge in [-0.15, -0.1) is 0 Å². The van der Waals surface area contributed by atoms with Crippen LogP contribution < -0.4 is 30.1 Å². The van der Waals surface area contributed by atoms with Crippen molar-refractivity contribution in [1.82, 2.24) is 0 Å². The zero-order valence-electron chi connectivity index (χ0n) is 4.76. The van der Waals surface area contributed by atoms with E-state index in [1.807, 2.05) is 0 Å². The van der Waals surface area contributed by atoms with Gasteiger partial charge in [0.05, 0.1) is 0 Å². The minimum Gasteiger partial charge on any atom is -0.907 e. The summed E-state index contributed by atoms with van der Waals surface area (Å²) in [5.41, 5.74) is 0. The average molecular weight is 326 g/mol. The van der Waals surface area contributed by atoms with Gasteiger partial charge in [0.15, 0.2) is 0 Å².